The molecule has 1 atom stereocenters. The molecule has 0 spiro atoms. The summed E-state index contributed by atoms with van der Waals surface area (Å²) < 4.78 is 5.49. The van der Waals surface area contributed by atoms with Gasteiger partial charge in [0.05, 0.1) is 18.2 Å². The van der Waals surface area contributed by atoms with Gasteiger partial charge in [0.15, 0.2) is 0 Å². The first-order valence-electron chi connectivity index (χ1n) is 6.36. The highest BCUT2D eigenvalue weighted by molar-refractivity contribution is 7.80. The van der Waals surface area contributed by atoms with Gasteiger partial charge in [0, 0.05) is 19.2 Å². The number of rotatable bonds is 4. The van der Waals surface area contributed by atoms with E-state index in [9.17, 15) is 4.79 Å². The van der Waals surface area contributed by atoms with Gasteiger partial charge in [-0.05, 0) is 25.0 Å². The normalized spacial score (nSPS) is 18.3. The lowest BCUT2D eigenvalue weighted by molar-refractivity contribution is -0.120. The van der Waals surface area contributed by atoms with Crippen molar-refractivity contribution in [3.8, 4) is 0 Å². The molecule has 0 radical (unpaired) electrons. The highest BCUT2D eigenvalue weighted by Gasteiger charge is 2.22. The average Bonchev–Trinajstić information content (AvgIpc) is 2.90. The lowest BCUT2D eigenvalue weighted by Crippen LogP contribution is -2.31. The number of para-hydroxylation sites is 1. The van der Waals surface area contributed by atoms with Crippen LogP contribution in [0, 0.1) is 0 Å². The van der Waals surface area contributed by atoms with E-state index in [2.05, 4.69) is 0 Å². The third kappa shape index (κ3) is 3.30. The van der Waals surface area contributed by atoms with Crippen LogP contribution in [-0.2, 0) is 9.53 Å². The number of anilines is 1. The number of nitrogens with two attached hydrogens (primary N) is 1. The fourth-order valence-corrected chi connectivity index (χ4v) is 2.42. The number of carbonyl (C=O) groups is 1. The molecular formula is C14H18N2O2S. The van der Waals surface area contributed by atoms with Crippen LogP contribution in [0.1, 0.15) is 24.8 Å². The second-order valence-electron chi connectivity index (χ2n) is 4.67. The van der Waals surface area contributed by atoms with Crippen LogP contribution in [0.25, 0.3) is 0 Å². The Kier molecular flexibility index (Phi) is 4.50. The van der Waals surface area contributed by atoms with Gasteiger partial charge in [-0.25, -0.2) is 0 Å². The number of benzene rings is 1. The molecule has 2 rings (SSSR count). The molecule has 1 aliphatic heterocycles. The zero-order valence-electron chi connectivity index (χ0n) is 11.0. The Labute approximate surface area is 118 Å². The van der Waals surface area contributed by atoms with E-state index in [1.54, 1.807) is 11.9 Å². The van der Waals surface area contributed by atoms with Crippen molar-refractivity contribution in [2.75, 3.05) is 18.6 Å². The lowest BCUT2D eigenvalue weighted by atomic mass is 10.1. The monoisotopic (exact) mass is 278 g/mol. The number of hydrogen-bond acceptors (Lipinski definition) is 3. The van der Waals surface area contributed by atoms with Crippen molar-refractivity contribution in [1.29, 1.82) is 0 Å². The molecular weight excluding hydrogens is 260 g/mol. The summed E-state index contributed by atoms with van der Waals surface area (Å²) in [7, 11) is 1.74. The summed E-state index contributed by atoms with van der Waals surface area (Å²) in [5.74, 6) is 0.0237. The molecule has 1 aromatic carbocycles. The van der Waals surface area contributed by atoms with Crippen LogP contribution in [0.4, 0.5) is 5.69 Å². The van der Waals surface area contributed by atoms with Crippen LogP contribution in [0.15, 0.2) is 24.3 Å². The maximum atomic E-state index is 12.2. The van der Waals surface area contributed by atoms with E-state index in [1.165, 1.54) is 0 Å². The Morgan fingerprint density at radius 1 is 1.53 bits per heavy atom. The second-order valence-corrected chi connectivity index (χ2v) is 5.11. The first-order chi connectivity index (χ1) is 9.09. The number of ether oxygens (including phenoxy) is 1. The standard InChI is InChI=1S/C14H18N2O2S/c1-16(13(17)9-10-5-4-8-18-10)12-7-3-2-6-11(12)14(15)19/h2-3,6-7,10H,4-5,8-9H2,1H3,(H2,15,19). The van der Waals surface area contributed by atoms with Crippen molar-refractivity contribution in [3.63, 3.8) is 0 Å². The van der Waals surface area contributed by atoms with Crippen molar-refractivity contribution >= 4 is 28.8 Å². The Balaban J connectivity index is 2.12. The smallest absolute Gasteiger partial charge is 0.229 e. The van der Waals surface area contributed by atoms with E-state index in [0.717, 1.165) is 30.7 Å². The Hall–Kier alpha value is -1.46. The molecule has 1 aromatic rings. The quantitative estimate of drug-likeness (QED) is 0.854. The van der Waals surface area contributed by atoms with Gasteiger partial charge in [0.1, 0.15) is 4.99 Å². The molecule has 1 aliphatic rings. The summed E-state index contributed by atoms with van der Waals surface area (Å²) in [5.41, 5.74) is 7.16. The van der Waals surface area contributed by atoms with Crippen molar-refractivity contribution in [3.05, 3.63) is 29.8 Å². The number of amides is 1. The van der Waals surface area contributed by atoms with Crippen molar-refractivity contribution in [1.82, 2.24) is 0 Å². The molecule has 1 heterocycles. The number of thiocarbonyl (C=S) groups is 1. The van der Waals surface area contributed by atoms with Crippen LogP contribution in [0.3, 0.4) is 0 Å². The molecule has 102 valence electrons. The van der Waals surface area contributed by atoms with Crippen LogP contribution in [-0.4, -0.2) is 30.7 Å². The maximum Gasteiger partial charge on any atom is 0.229 e. The molecule has 1 unspecified atom stereocenters. The van der Waals surface area contributed by atoms with Crippen LogP contribution in [0.5, 0.6) is 0 Å². The van der Waals surface area contributed by atoms with Gasteiger partial charge < -0.3 is 15.4 Å². The Bertz CT molecular complexity index is 484. The highest BCUT2D eigenvalue weighted by Crippen LogP contribution is 2.22. The lowest BCUT2D eigenvalue weighted by Gasteiger charge is -2.21. The summed E-state index contributed by atoms with van der Waals surface area (Å²) in [6.07, 6.45) is 2.44. The van der Waals surface area contributed by atoms with Gasteiger partial charge in [-0.15, -0.1) is 0 Å². The topological polar surface area (TPSA) is 55.6 Å². The molecule has 0 aliphatic carbocycles. The molecule has 5 heteroatoms. The van der Waals surface area contributed by atoms with Crippen LogP contribution in [0.2, 0.25) is 0 Å². The van der Waals surface area contributed by atoms with E-state index < -0.39 is 0 Å². The predicted molar refractivity (Wildman–Crippen MR) is 79.3 cm³/mol. The number of nitrogens with zero attached hydrogens (tertiary/aromatic N) is 1. The molecule has 2 N–H and O–H groups in total. The summed E-state index contributed by atoms with van der Waals surface area (Å²) in [4.78, 5) is 14.1. The minimum Gasteiger partial charge on any atom is -0.389 e. The van der Waals surface area contributed by atoms with Crippen molar-refractivity contribution in [2.45, 2.75) is 25.4 Å². The molecule has 19 heavy (non-hydrogen) atoms. The summed E-state index contributed by atoms with van der Waals surface area (Å²) in [5, 5.41) is 0. The maximum absolute atomic E-state index is 12.2. The predicted octanol–water partition coefficient (Wildman–Crippen LogP) is 1.85. The number of carbonyl (C=O) groups excluding carboxylic acids is 1. The molecule has 0 saturated carbocycles. The molecule has 4 nitrogen and oxygen atoms in total. The van der Waals surface area contributed by atoms with Gasteiger partial charge in [-0.3, -0.25) is 4.79 Å². The van der Waals surface area contributed by atoms with E-state index in [0.29, 0.717) is 11.4 Å². The summed E-state index contributed by atoms with van der Waals surface area (Å²) >= 11 is 5.01. The minimum atomic E-state index is 0.0237. The van der Waals surface area contributed by atoms with Gasteiger partial charge in [-0.1, -0.05) is 24.4 Å². The molecule has 0 aromatic heterocycles. The van der Waals surface area contributed by atoms with Gasteiger partial charge in [-0.2, -0.15) is 0 Å². The van der Waals surface area contributed by atoms with Gasteiger partial charge >= 0.3 is 0 Å². The van der Waals surface area contributed by atoms with Crippen molar-refractivity contribution in [2.24, 2.45) is 5.73 Å². The Morgan fingerprint density at radius 3 is 2.89 bits per heavy atom. The first-order valence-corrected chi connectivity index (χ1v) is 6.77. The molecule has 1 saturated heterocycles. The van der Waals surface area contributed by atoms with Gasteiger partial charge in [0.25, 0.3) is 0 Å². The second kappa shape index (κ2) is 6.12. The largest absolute Gasteiger partial charge is 0.389 e. The zero-order chi connectivity index (χ0) is 13.8. The van der Waals surface area contributed by atoms with E-state index in [1.807, 2.05) is 24.3 Å². The van der Waals surface area contributed by atoms with Crippen molar-refractivity contribution < 1.29 is 9.53 Å². The highest BCUT2D eigenvalue weighted by atomic mass is 32.1. The van der Waals surface area contributed by atoms with Crippen LogP contribution >= 0.6 is 12.2 Å². The molecule has 0 bridgehead atoms. The SMILES string of the molecule is CN(C(=O)CC1CCCO1)c1ccccc1C(N)=S. The first kappa shape index (κ1) is 14.0. The molecule has 1 fully saturated rings. The fourth-order valence-electron chi connectivity index (χ4n) is 2.25. The average molecular weight is 278 g/mol. The third-order valence-corrected chi connectivity index (χ3v) is 3.55. The third-order valence-electron chi connectivity index (χ3n) is 3.33. The van der Waals surface area contributed by atoms with Crippen LogP contribution < -0.4 is 10.6 Å². The summed E-state index contributed by atoms with van der Waals surface area (Å²) in [6, 6.07) is 7.40. The van der Waals surface area contributed by atoms with E-state index in [4.69, 9.17) is 22.7 Å². The summed E-state index contributed by atoms with van der Waals surface area (Å²) in [6.45, 7) is 0.755. The minimum absolute atomic E-state index is 0.0237. The number of hydrogen-bond donors (Lipinski definition) is 1. The van der Waals surface area contributed by atoms with Gasteiger partial charge in [0.2, 0.25) is 5.91 Å². The fraction of sp³-hybridized carbons (Fsp3) is 0.429. The zero-order valence-corrected chi connectivity index (χ0v) is 11.8. The van der Waals surface area contributed by atoms with E-state index in [-0.39, 0.29) is 12.0 Å². The molecule has 1 amide bonds. The van der Waals surface area contributed by atoms with E-state index >= 15 is 0 Å². The Morgan fingerprint density at radius 2 is 2.26 bits per heavy atom.